The summed E-state index contributed by atoms with van der Waals surface area (Å²) in [6.07, 6.45) is 3.32. The van der Waals surface area contributed by atoms with Gasteiger partial charge < -0.3 is 5.32 Å². The Morgan fingerprint density at radius 2 is 2.22 bits per heavy atom. The number of aromatic nitrogens is 2. The summed E-state index contributed by atoms with van der Waals surface area (Å²) in [5, 5.41) is 14.9. The van der Waals surface area contributed by atoms with E-state index in [0.29, 0.717) is 17.9 Å². The summed E-state index contributed by atoms with van der Waals surface area (Å²) in [5.41, 5.74) is 0.622. The SMILES string of the molecule is Cc1ncc(CNc2nccc(C)c2[N+](=O)[O-])s1. The molecule has 0 aliphatic rings. The fraction of sp³-hybridized carbons (Fsp3) is 0.273. The number of nitrogens with zero attached hydrogens (tertiary/aromatic N) is 3. The average Bonchev–Trinajstić information content (AvgIpc) is 2.72. The van der Waals surface area contributed by atoms with Gasteiger partial charge in [-0.3, -0.25) is 10.1 Å². The average molecular weight is 264 g/mol. The third-order valence-electron chi connectivity index (χ3n) is 2.41. The van der Waals surface area contributed by atoms with E-state index in [1.54, 1.807) is 36.7 Å². The van der Waals surface area contributed by atoms with Gasteiger partial charge in [0, 0.05) is 22.8 Å². The van der Waals surface area contributed by atoms with E-state index in [2.05, 4.69) is 15.3 Å². The van der Waals surface area contributed by atoms with Crippen LogP contribution in [0.3, 0.4) is 0 Å². The van der Waals surface area contributed by atoms with E-state index in [0.717, 1.165) is 9.88 Å². The lowest BCUT2D eigenvalue weighted by atomic mass is 10.2. The third kappa shape index (κ3) is 2.62. The van der Waals surface area contributed by atoms with Crippen LogP contribution < -0.4 is 5.32 Å². The number of nitro groups is 1. The summed E-state index contributed by atoms with van der Waals surface area (Å²) in [7, 11) is 0. The molecule has 0 amide bonds. The molecule has 2 rings (SSSR count). The Hall–Kier alpha value is -2.02. The molecule has 0 unspecified atom stereocenters. The fourth-order valence-electron chi connectivity index (χ4n) is 1.57. The van der Waals surface area contributed by atoms with E-state index >= 15 is 0 Å². The first-order valence-corrected chi connectivity index (χ1v) is 6.14. The number of rotatable bonds is 4. The number of nitrogens with one attached hydrogen (secondary N) is 1. The molecule has 2 aromatic rings. The lowest BCUT2D eigenvalue weighted by Gasteiger charge is -2.05. The van der Waals surface area contributed by atoms with Crippen molar-refractivity contribution in [1.82, 2.24) is 9.97 Å². The smallest absolute Gasteiger partial charge is 0.314 e. The molecule has 0 aromatic carbocycles. The molecule has 7 heteroatoms. The molecule has 0 aliphatic heterocycles. The number of pyridine rings is 1. The van der Waals surface area contributed by atoms with Gasteiger partial charge in [0.05, 0.1) is 16.5 Å². The normalized spacial score (nSPS) is 10.3. The van der Waals surface area contributed by atoms with Gasteiger partial charge in [-0.25, -0.2) is 9.97 Å². The summed E-state index contributed by atoms with van der Waals surface area (Å²) in [5.74, 6) is 0.297. The minimum absolute atomic E-state index is 0.0266. The fourth-order valence-corrected chi connectivity index (χ4v) is 2.30. The highest BCUT2D eigenvalue weighted by molar-refractivity contribution is 7.11. The van der Waals surface area contributed by atoms with Gasteiger partial charge in [-0.1, -0.05) is 0 Å². The molecule has 0 saturated heterocycles. The van der Waals surface area contributed by atoms with Gasteiger partial charge in [0.2, 0.25) is 5.82 Å². The summed E-state index contributed by atoms with van der Waals surface area (Å²) >= 11 is 1.55. The van der Waals surface area contributed by atoms with Crippen LogP contribution in [0.1, 0.15) is 15.4 Å². The quantitative estimate of drug-likeness (QED) is 0.678. The second-order valence-electron chi connectivity index (χ2n) is 3.78. The van der Waals surface area contributed by atoms with Gasteiger partial charge in [-0.2, -0.15) is 0 Å². The van der Waals surface area contributed by atoms with E-state index in [1.807, 2.05) is 6.92 Å². The highest BCUT2D eigenvalue weighted by atomic mass is 32.1. The molecule has 18 heavy (non-hydrogen) atoms. The molecule has 0 saturated carbocycles. The molecule has 1 N–H and O–H groups in total. The Labute approximate surface area is 108 Å². The zero-order valence-corrected chi connectivity index (χ0v) is 10.8. The number of thiazole rings is 1. The van der Waals surface area contributed by atoms with E-state index < -0.39 is 4.92 Å². The van der Waals surface area contributed by atoms with Crippen molar-refractivity contribution in [3.8, 4) is 0 Å². The van der Waals surface area contributed by atoms with E-state index in [9.17, 15) is 10.1 Å². The Bertz CT molecular complexity index is 582. The molecule has 2 aromatic heterocycles. The standard InChI is InChI=1S/C11H12N4O2S/c1-7-3-4-12-11(10(7)15(16)17)14-6-9-5-13-8(2)18-9/h3-5H,6H2,1-2H3,(H,12,14). The summed E-state index contributed by atoms with van der Waals surface area (Å²) in [6, 6.07) is 1.63. The molecule has 0 bridgehead atoms. The lowest BCUT2D eigenvalue weighted by Crippen LogP contribution is -2.04. The Kier molecular flexibility index (Phi) is 3.52. The third-order valence-corrected chi connectivity index (χ3v) is 3.32. The largest absolute Gasteiger partial charge is 0.359 e. The number of hydrogen-bond donors (Lipinski definition) is 1. The van der Waals surface area contributed by atoms with Crippen LogP contribution in [0, 0.1) is 24.0 Å². The summed E-state index contributed by atoms with van der Waals surface area (Å²) in [6.45, 7) is 4.10. The zero-order chi connectivity index (χ0) is 13.1. The van der Waals surface area contributed by atoms with Crippen molar-refractivity contribution < 1.29 is 4.92 Å². The van der Waals surface area contributed by atoms with Gasteiger partial charge in [-0.15, -0.1) is 11.3 Å². The second kappa shape index (κ2) is 5.09. The van der Waals surface area contributed by atoms with Gasteiger partial charge in [-0.05, 0) is 19.9 Å². The Morgan fingerprint density at radius 3 is 2.83 bits per heavy atom. The minimum Gasteiger partial charge on any atom is -0.359 e. The van der Waals surface area contributed by atoms with Crippen LogP contribution in [0.5, 0.6) is 0 Å². The van der Waals surface area contributed by atoms with Crippen molar-refractivity contribution in [2.24, 2.45) is 0 Å². The molecule has 94 valence electrons. The maximum atomic E-state index is 11.0. The number of aryl methyl sites for hydroxylation is 2. The van der Waals surface area contributed by atoms with Crippen LogP contribution in [0.2, 0.25) is 0 Å². The molecule has 0 radical (unpaired) electrons. The maximum Gasteiger partial charge on any atom is 0.314 e. The van der Waals surface area contributed by atoms with Gasteiger partial charge in [0.15, 0.2) is 0 Å². The van der Waals surface area contributed by atoms with E-state index in [1.165, 1.54) is 0 Å². The van der Waals surface area contributed by atoms with Crippen molar-refractivity contribution in [1.29, 1.82) is 0 Å². The van der Waals surface area contributed by atoms with Crippen LogP contribution in [0.15, 0.2) is 18.5 Å². The van der Waals surface area contributed by atoms with Crippen LogP contribution >= 0.6 is 11.3 Å². The number of hydrogen-bond acceptors (Lipinski definition) is 6. The molecule has 6 nitrogen and oxygen atoms in total. The van der Waals surface area contributed by atoms with Crippen LogP contribution in [-0.2, 0) is 6.54 Å². The van der Waals surface area contributed by atoms with Gasteiger partial charge in [0.1, 0.15) is 0 Å². The molecule has 0 fully saturated rings. The Balaban J connectivity index is 2.19. The molecule has 0 atom stereocenters. The Morgan fingerprint density at radius 1 is 1.44 bits per heavy atom. The van der Waals surface area contributed by atoms with Crippen molar-refractivity contribution in [3.05, 3.63) is 44.0 Å². The number of anilines is 1. The van der Waals surface area contributed by atoms with Crippen molar-refractivity contribution in [3.63, 3.8) is 0 Å². The molecule has 0 spiro atoms. The highest BCUT2D eigenvalue weighted by Gasteiger charge is 2.18. The predicted octanol–water partition coefficient (Wildman–Crippen LogP) is 2.68. The second-order valence-corrected chi connectivity index (χ2v) is 5.10. The van der Waals surface area contributed by atoms with Crippen LogP contribution in [0.4, 0.5) is 11.5 Å². The van der Waals surface area contributed by atoms with Crippen LogP contribution in [0.25, 0.3) is 0 Å². The summed E-state index contributed by atoms with van der Waals surface area (Å²) in [4.78, 5) is 19.7. The van der Waals surface area contributed by atoms with Gasteiger partial charge >= 0.3 is 5.69 Å². The first-order valence-electron chi connectivity index (χ1n) is 5.33. The maximum absolute atomic E-state index is 11.0. The van der Waals surface area contributed by atoms with Crippen molar-refractivity contribution >= 4 is 22.8 Å². The van der Waals surface area contributed by atoms with Crippen molar-refractivity contribution in [2.45, 2.75) is 20.4 Å². The lowest BCUT2D eigenvalue weighted by molar-refractivity contribution is -0.384. The first-order chi connectivity index (χ1) is 8.58. The predicted molar refractivity (Wildman–Crippen MR) is 69.8 cm³/mol. The van der Waals surface area contributed by atoms with E-state index in [-0.39, 0.29) is 5.69 Å². The monoisotopic (exact) mass is 264 g/mol. The first kappa shape index (κ1) is 12.4. The van der Waals surface area contributed by atoms with Crippen LogP contribution in [-0.4, -0.2) is 14.9 Å². The minimum atomic E-state index is -0.414. The van der Waals surface area contributed by atoms with Gasteiger partial charge in [0.25, 0.3) is 0 Å². The molecule has 0 aliphatic carbocycles. The zero-order valence-electron chi connectivity index (χ0n) is 10.0. The van der Waals surface area contributed by atoms with E-state index in [4.69, 9.17) is 0 Å². The molecular formula is C11H12N4O2S. The molecule has 2 heterocycles. The highest BCUT2D eigenvalue weighted by Crippen LogP contribution is 2.26. The van der Waals surface area contributed by atoms with Crippen molar-refractivity contribution in [2.75, 3.05) is 5.32 Å². The molecular weight excluding hydrogens is 252 g/mol. The topological polar surface area (TPSA) is 81.0 Å². The summed E-state index contributed by atoms with van der Waals surface area (Å²) < 4.78 is 0.